The topological polar surface area (TPSA) is 74.8 Å². The summed E-state index contributed by atoms with van der Waals surface area (Å²) in [6.45, 7) is 0.710. The first-order valence-electron chi connectivity index (χ1n) is 8.50. The molecule has 1 saturated heterocycles. The largest absolute Gasteiger partial charge is 0.340 e. The monoisotopic (exact) mass is 333 g/mol. The van der Waals surface area contributed by atoms with Crippen LogP contribution in [0.3, 0.4) is 0 Å². The second kappa shape index (κ2) is 6.84. The highest BCUT2D eigenvalue weighted by molar-refractivity contribution is 5.92. The van der Waals surface area contributed by atoms with Gasteiger partial charge in [-0.3, -0.25) is 9.78 Å². The molecule has 0 bridgehead atoms. The van der Waals surface area contributed by atoms with Crippen molar-refractivity contribution in [2.75, 3.05) is 6.54 Å². The zero-order valence-corrected chi connectivity index (χ0v) is 13.8. The number of H-pyrrole nitrogens is 1. The maximum atomic E-state index is 12.8. The highest BCUT2D eigenvalue weighted by Gasteiger charge is 2.31. The number of amides is 1. The van der Waals surface area contributed by atoms with Crippen LogP contribution in [0.25, 0.3) is 11.3 Å². The molecule has 6 heteroatoms. The fourth-order valence-electron chi connectivity index (χ4n) is 3.29. The van der Waals surface area contributed by atoms with Crippen LogP contribution in [-0.4, -0.2) is 37.3 Å². The first kappa shape index (κ1) is 15.5. The van der Waals surface area contributed by atoms with Crippen molar-refractivity contribution in [1.29, 1.82) is 0 Å². The molecule has 0 radical (unpaired) electrons. The van der Waals surface area contributed by atoms with Gasteiger partial charge in [0.05, 0.1) is 24.1 Å². The minimum atomic E-state index is -0.0875. The normalized spacial score (nSPS) is 17.4. The van der Waals surface area contributed by atoms with E-state index in [0.29, 0.717) is 12.2 Å². The SMILES string of the molecule is O=C(c1cnccn1)N1CCCCC1c1ncc(-c2ccccc2)[nH]1. The molecule has 3 aromatic rings. The maximum Gasteiger partial charge on any atom is 0.274 e. The molecule has 25 heavy (non-hydrogen) atoms. The van der Waals surface area contributed by atoms with Crippen molar-refractivity contribution in [3.63, 3.8) is 0 Å². The molecule has 3 heterocycles. The lowest BCUT2D eigenvalue weighted by Crippen LogP contribution is -2.39. The predicted molar refractivity (Wildman–Crippen MR) is 93.7 cm³/mol. The standard InChI is InChI=1S/C19H19N5O/c25-19(16-12-20-9-10-21-16)24-11-5-4-8-17(24)18-22-13-15(23-18)14-6-2-1-3-7-14/h1-3,6-7,9-10,12-13,17H,4-5,8,11H2,(H,22,23). The molecule has 1 atom stereocenters. The number of carbonyl (C=O) groups excluding carboxylic acids is 1. The summed E-state index contributed by atoms with van der Waals surface area (Å²) in [5.41, 5.74) is 2.43. The van der Waals surface area contributed by atoms with E-state index in [-0.39, 0.29) is 11.9 Å². The zero-order valence-electron chi connectivity index (χ0n) is 13.8. The fraction of sp³-hybridized carbons (Fsp3) is 0.263. The van der Waals surface area contributed by atoms with E-state index in [1.54, 1.807) is 12.4 Å². The van der Waals surface area contributed by atoms with E-state index in [4.69, 9.17) is 0 Å². The van der Waals surface area contributed by atoms with Crippen molar-refractivity contribution in [2.45, 2.75) is 25.3 Å². The summed E-state index contributed by atoms with van der Waals surface area (Å²) >= 11 is 0. The van der Waals surface area contributed by atoms with Crippen LogP contribution in [0.2, 0.25) is 0 Å². The molecule has 0 aliphatic carbocycles. The Morgan fingerprint density at radius 3 is 2.76 bits per heavy atom. The van der Waals surface area contributed by atoms with Gasteiger partial charge in [-0.05, 0) is 24.8 Å². The van der Waals surface area contributed by atoms with Gasteiger partial charge in [0.25, 0.3) is 5.91 Å². The number of piperidine rings is 1. The summed E-state index contributed by atoms with van der Waals surface area (Å²) in [6.07, 6.45) is 9.45. The molecular weight excluding hydrogens is 314 g/mol. The Hall–Kier alpha value is -3.02. The van der Waals surface area contributed by atoms with Crippen molar-refractivity contribution in [2.24, 2.45) is 0 Å². The molecule has 4 rings (SSSR count). The first-order valence-corrected chi connectivity index (χ1v) is 8.50. The van der Waals surface area contributed by atoms with Crippen molar-refractivity contribution < 1.29 is 4.79 Å². The first-order chi connectivity index (χ1) is 12.3. The van der Waals surface area contributed by atoms with Crippen LogP contribution < -0.4 is 0 Å². The highest BCUT2D eigenvalue weighted by atomic mass is 16.2. The molecular formula is C19H19N5O. The van der Waals surface area contributed by atoms with Crippen molar-refractivity contribution in [3.05, 3.63) is 66.6 Å². The summed E-state index contributed by atoms with van der Waals surface area (Å²) < 4.78 is 0. The number of rotatable bonds is 3. The lowest BCUT2D eigenvalue weighted by molar-refractivity contribution is 0.0594. The Morgan fingerprint density at radius 1 is 1.08 bits per heavy atom. The van der Waals surface area contributed by atoms with Crippen LogP contribution in [0.15, 0.2) is 55.1 Å². The van der Waals surface area contributed by atoms with Crippen LogP contribution in [0, 0.1) is 0 Å². The van der Waals surface area contributed by atoms with Crippen LogP contribution in [0.4, 0.5) is 0 Å². The summed E-state index contributed by atoms with van der Waals surface area (Å²) in [5.74, 6) is 0.742. The van der Waals surface area contributed by atoms with E-state index in [1.807, 2.05) is 41.4 Å². The molecule has 1 aliphatic heterocycles. The van der Waals surface area contributed by atoms with Crippen LogP contribution in [-0.2, 0) is 0 Å². The van der Waals surface area contributed by atoms with Gasteiger partial charge in [-0.1, -0.05) is 30.3 Å². The summed E-state index contributed by atoms with van der Waals surface area (Å²) in [7, 11) is 0. The van der Waals surface area contributed by atoms with E-state index < -0.39 is 0 Å². The van der Waals surface area contributed by atoms with Gasteiger partial charge in [0.15, 0.2) is 0 Å². The maximum absolute atomic E-state index is 12.8. The Balaban J connectivity index is 1.62. The van der Waals surface area contributed by atoms with E-state index >= 15 is 0 Å². The van der Waals surface area contributed by atoms with Crippen molar-refractivity contribution in [1.82, 2.24) is 24.8 Å². The number of aromatic amines is 1. The lowest BCUT2D eigenvalue weighted by Gasteiger charge is -2.34. The minimum Gasteiger partial charge on any atom is -0.340 e. The van der Waals surface area contributed by atoms with Gasteiger partial charge in [-0.25, -0.2) is 9.97 Å². The number of hydrogen-bond acceptors (Lipinski definition) is 4. The molecule has 1 aromatic carbocycles. The summed E-state index contributed by atoms with van der Waals surface area (Å²) in [4.78, 5) is 30.8. The zero-order chi connectivity index (χ0) is 17.1. The molecule has 1 fully saturated rings. The molecule has 0 saturated carbocycles. The van der Waals surface area contributed by atoms with Gasteiger partial charge in [-0.2, -0.15) is 0 Å². The van der Waals surface area contributed by atoms with E-state index in [9.17, 15) is 4.79 Å². The molecule has 0 spiro atoms. The fourth-order valence-corrected chi connectivity index (χ4v) is 3.29. The lowest BCUT2D eigenvalue weighted by atomic mass is 10.0. The van der Waals surface area contributed by atoms with Gasteiger partial charge in [0.2, 0.25) is 0 Å². The second-order valence-corrected chi connectivity index (χ2v) is 6.15. The van der Waals surface area contributed by atoms with Crippen molar-refractivity contribution in [3.8, 4) is 11.3 Å². The average molecular weight is 333 g/mol. The Kier molecular flexibility index (Phi) is 4.24. The molecule has 1 N–H and O–H groups in total. The van der Waals surface area contributed by atoms with Gasteiger partial charge >= 0.3 is 0 Å². The summed E-state index contributed by atoms with van der Waals surface area (Å²) in [6, 6.07) is 10.0. The minimum absolute atomic E-state index is 0.0549. The molecule has 6 nitrogen and oxygen atoms in total. The number of carbonyl (C=O) groups is 1. The van der Waals surface area contributed by atoms with Gasteiger partial charge in [0.1, 0.15) is 11.5 Å². The molecule has 1 unspecified atom stereocenters. The van der Waals surface area contributed by atoms with Gasteiger partial charge < -0.3 is 9.88 Å². The number of hydrogen-bond donors (Lipinski definition) is 1. The Bertz CT molecular complexity index is 847. The third-order valence-electron chi connectivity index (χ3n) is 4.54. The third-order valence-corrected chi connectivity index (χ3v) is 4.54. The van der Waals surface area contributed by atoms with E-state index in [2.05, 4.69) is 19.9 Å². The highest BCUT2D eigenvalue weighted by Crippen LogP contribution is 2.31. The molecule has 2 aromatic heterocycles. The van der Waals surface area contributed by atoms with Crippen LogP contribution in [0.1, 0.15) is 41.6 Å². The Labute approximate surface area is 146 Å². The number of nitrogens with zero attached hydrogens (tertiary/aromatic N) is 4. The smallest absolute Gasteiger partial charge is 0.274 e. The summed E-state index contributed by atoms with van der Waals surface area (Å²) in [5, 5.41) is 0. The molecule has 1 aliphatic rings. The van der Waals surface area contributed by atoms with Crippen LogP contribution in [0.5, 0.6) is 0 Å². The Morgan fingerprint density at radius 2 is 1.96 bits per heavy atom. The number of likely N-dealkylation sites (tertiary alicyclic amines) is 1. The van der Waals surface area contributed by atoms with Gasteiger partial charge in [-0.15, -0.1) is 0 Å². The number of imidazole rings is 1. The van der Waals surface area contributed by atoms with E-state index in [1.165, 1.54) is 6.20 Å². The average Bonchev–Trinajstić information content (AvgIpc) is 3.19. The van der Waals surface area contributed by atoms with E-state index in [0.717, 1.165) is 36.3 Å². The van der Waals surface area contributed by atoms with Crippen LogP contribution >= 0.6 is 0 Å². The third kappa shape index (κ3) is 3.15. The predicted octanol–water partition coefficient (Wildman–Crippen LogP) is 3.23. The molecule has 1 amide bonds. The number of nitrogens with one attached hydrogen (secondary N) is 1. The number of benzene rings is 1. The quantitative estimate of drug-likeness (QED) is 0.798. The van der Waals surface area contributed by atoms with Crippen molar-refractivity contribution >= 4 is 5.91 Å². The number of aromatic nitrogens is 4. The van der Waals surface area contributed by atoms with Gasteiger partial charge in [0, 0.05) is 18.9 Å². The second-order valence-electron chi connectivity index (χ2n) is 6.15. The molecule has 126 valence electrons.